The SMILES string of the molecule is CN/C=C(/CNC(=O)c1ccc2c(c1)NC(=O)c1ccccc1S2(=O)=O)SSCCCN1CCOCC1. The molecule has 9 nitrogen and oxygen atoms in total. The van der Waals surface area contributed by atoms with Gasteiger partial charge in [0.2, 0.25) is 9.84 Å². The van der Waals surface area contributed by atoms with Crippen LogP contribution >= 0.6 is 21.6 Å². The topological polar surface area (TPSA) is 117 Å². The number of anilines is 1. The minimum Gasteiger partial charge on any atom is -0.393 e. The number of amides is 2. The van der Waals surface area contributed by atoms with Crippen molar-refractivity contribution in [2.75, 3.05) is 57.5 Å². The first-order chi connectivity index (χ1) is 17.9. The summed E-state index contributed by atoms with van der Waals surface area (Å²) in [5.41, 5.74) is 0.420. The summed E-state index contributed by atoms with van der Waals surface area (Å²) in [5.74, 6) is 0.0891. The van der Waals surface area contributed by atoms with Crippen LogP contribution in [-0.2, 0) is 14.6 Å². The van der Waals surface area contributed by atoms with Crippen LogP contribution in [-0.4, -0.2) is 77.3 Å². The Morgan fingerprint density at radius 3 is 2.73 bits per heavy atom. The van der Waals surface area contributed by atoms with Gasteiger partial charge in [-0.05, 0) is 43.3 Å². The molecule has 2 aromatic rings. The predicted octanol–water partition coefficient (Wildman–Crippen LogP) is 2.98. The Kier molecular flexibility index (Phi) is 9.54. The Labute approximate surface area is 225 Å². The van der Waals surface area contributed by atoms with Gasteiger partial charge in [-0.15, -0.1) is 0 Å². The van der Waals surface area contributed by atoms with Gasteiger partial charge in [-0.1, -0.05) is 33.7 Å². The molecule has 37 heavy (non-hydrogen) atoms. The summed E-state index contributed by atoms with van der Waals surface area (Å²) >= 11 is 0. The van der Waals surface area contributed by atoms with E-state index in [1.807, 2.05) is 6.20 Å². The molecule has 2 amide bonds. The predicted molar refractivity (Wildman–Crippen MR) is 148 cm³/mol. The number of sulfone groups is 1. The molecule has 1 saturated heterocycles. The van der Waals surface area contributed by atoms with E-state index in [0.717, 1.165) is 49.9 Å². The number of carbonyl (C=O) groups is 2. The summed E-state index contributed by atoms with van der Waals surface area (Å²) in [4.78, 5) is 28.8. The average Bonchev–Trinajstić information content (AvgIpc) is 2.99. The van der Waals surface area contributed by atoms with Crippen molar-refractivity contribution >= 4 is 48.9 Å². The number of hydrogen-bond acceptors (Lipinski definition) is 9. The fourth-order valence-electron chi connectivity index (χ4n) is 4.02. The van der Waals surface area contributed by atoms with Crippen LogP contribution < -0.4 is 16.0 Å². The van der Waals surface area contributed by atoms with Crippen LogP contribution in [0.25, 0.3) is 0 Å². The van der Waals surface area contributed by atoms with E-state index in [1.165, 1.54) is 30.3 Å². The van der Waals surface area contributed by atoms with Gasteiger partial charge in [-0.25, -0.2) is 8.42 Å². The molecule has 1 fully saturated rings. The fourth-order valence-corrected chi connectivity index (χ4v) is 7.77. The summed E-state index contributed by atoms with van der Waals surface area (Å²) in [7, 11) is 1.23. The smallest absolute Gasteiger partial charge is 0.257 e. The molecule has 0 spiro atoms. The Hall–Kier alpha value is -2.51. The molecular formula is C25H30N4O5S3. The van der Waals surface area contributed by atoms with Gasteiger partial charge in [0, 0.05) is 42.6 Å². The van der Waals surface area contributed by atoms with Crippen LogP contribution in [0.15, 0.2) is 63.4 Å². The van der Waals surface area contributed by atoms with Crippen LogP contribution in [0, 0.1) is 0 Å². The van der Waals surface area contributed by atoms with Gasteiger partial charge < -0.3 is 20.7 Å². The van der Waals surface area contributed by atoms with Crippen molar-refractivity contribution in [2.24, 2.45) is 0 Å². The van der Waals surface area contributed by atoms with Gasteiger partial charge >= 0.3 is 0 Å². The molecular weight excluding hydrogens is 532 g/mol. The molecule has 12 heteroatoms. The maximum Gasteiger partial charge on any atom is 0.257 e. The lowest BCUT2D eigenvalue weighted by molar-refractivity contribution is 0.0381. The number of fused-ring (bicyclic) bond motifs is 2. The number of rotatable bonds is 10. The fraction of sp³-hybridized carbons (Fsp3) is 0.360. The molecule has 0 saturated carbocycles. The van der Waals surface area contributed by atoms with Gasteiger partial charge in [-0.3, -0.25) is 14.5 Å². The van der Waals surface area contributed by atoms with Crippen molar-refractivity contribution in [1.29, 1.82) is 0 Å². The van der Waals surface area contributed by atoms with E-state index in [9.17, 15) is 18.0 Å². The van der Waals surface area contributed by atoms with Crippen molar-refractivity contribution < 1.29 is 22.7 Å². The van der Waals surface area contributed by atoms with Crippen molar-refractivity contribution in [3.8, 4) is 0 Å². The molecule has 2 aromatic carbocycles. The lowest BCUT2D eigenvalue weighted by Gasteiger charge is -2.26. The Balaban J connectivity index is 1.34. The number of morpholine rings is 1. The summed E-state index contributed by atoms with van der Waals surface area (Å²) < 4.78 is 31.7. The third kappa shape index (κ3) is 6.88. The minimum atomic E-state index is -3.92. The van der Waals surface area contributed by atoms with E-state index in [2.05, 4.69) is 20.9 Å². The van der Waals surface area contributed by atoms with Crippen LogP contribution in [0.2, 0.25) is 0 Å². The monoisotopic (exact) mass is 562 g/mol. The molecule has 2 heterocycles. The zero-order valence-electron chi connectivity index (χ0n) is 20.5. The average molecular weight is 563 g/mol. The summed E-state index contributed by atoms with van der Waals surface area (Å²) in [5, 5.41) is 8.53. The molecule has 0 unspecified atom stereocenters. The first-order valence-electron chi connectivity index (χ1n) is 11.9. The number of benzene rings is 2. The molecule has 0 atom stereocenters. The highest BCUT2D eigenvalue weighted by atomic mass is 33.1. The maximum atomic E-state index is 13.1. The van der Waals surface area contributed by atoms with Crippen molar-refractivity contribution in [1.82, 2.24) is 15.5 Å². The van der Waals surface area contributed by atoms with Crippen LogP contribution in [0.4, 0.5) is 5.69 Å². The third-order valence-corrected chi connectivity index (χ3v) is 10.3. The third-order valence-electron chi connectivity index (χ3n) is 5.90. The van der Waals surface area contributed by atoms with Gasteiger partial charge in [0.15, 0.2) is 0 Å². The van der Waals surface area contributed by atoms with Crippen LogP contribution in [0.5, 0.6) is 0 Å². The number of ether oxygens (including phenoxy) is 1. The van der Waals surface area contributed by atoms with E-state index in [0.29, 0.717) is 6.54 Å². The zero-order chi connectivity index (χ0) is 26.3. The second kappa shape index (κ2) is 12.8. The first-order valence-corrected chi connectivity index (χ1v) is 15.7. The lowest BCUT2D eigenvalue weighted by Crippen LogP contribution is -2.36. The van der Waals surface area contributed by atoms with Crippen LogP contribution in [0.3, 0.4) is 0 Å². The van der Waals surface area contributed by atoms with E-state index in [1.54, 1.807) is 40.8 Å². The van der Waals surface area contributed by atoms with Gasteiger partial charge in [0.1, 0.15) is 0 Å². The molecule has 0 bridgehead atoms. The standard InChI is InChI=1S/C25H30N4O5S3/c1-26-16-19(36-35-14-4-9-29-10-12-34-13-11-29)17-27-24(30)18-7-8-23-21(15-18)28-25(31)20-5-2-3-6-22(20)37(23,32)33/h2-3,5-8,15-16,26H,4,9-14,17H2,1H3,(H,27,30)(H,28,31)/b19-16-. The van der Waals surface area contributed by atoms with Crippen molar-refractivity contribution in [3.05, 3.63) is 64.7 Å². The zero-order valence-corrected chi connectivity index (χ0v) is 22.9. The number of nitrogens with zero attached hydrogens (tertiary/aromatic N) is 1. The molecule has 198 valence electrons. The number of hydrogen-bond donors (Lipinski definition) is 3. The first kappa shape index (κ1) is 27.5. The van der Waals surface area contributed by atoms with Gasteiger partial charge in [0.05, 0.1) is 40.8 Å². The second-order valence-corrected chi connectivity index (χ2v) is 12.9. The molecule has 2 aliphatic rings. The van der Waals surface area contributed by atoms with Crippen LogP contribution in [0.1, 0.15) is 27.1 Å². The minimum absolute atomic E-state index is 0.0397. The molecule has 0 radical (unpaired) electrons. The van der Waals surface area contributed by atoms with E-state index < -0.39 is 15.7 Å². The lowest BCUT2D eigenvalue weighted by atomic mass is 10.1. The summed E-state index contributed by atoms with van der Waals surface area (Å²) in [6.45, 7) is 4.94. The molecule has 3 N–H and O–H groups in total. The Bertz CT molecular complexity index is 1280. The highest BCUT2D eigenvalue weighted by Crippen LogP contribution is 2.34. The quantitative estimate of drug-likeness (QED) is 0.297. The summed E-state index contributed by atoms with van der Waals surface area (Å²) in [6, 6.07) is 10.3. The van der Waals surface area contributed by atoms with E-state index in [-0.39, 0.29) is 32.5 Å². The highest BCUT2D eigenvalue weighted by molar-refractivity contribution is 8.78. The van der Waals surface area contributed by atoms with Gasteiger partial charge in [0.25, 0.3) is 11.8 Å². The second-order valence-electron chi connectivity index (χ2n) is 8.46. The van der Waals surface area contributed by atoms with E-state index in [4.69, 9.17) is 4.74 Å². The maximum absolute atomic E-state index is 13.1. The Morgan fingerprint density at radius 1 is 1.16 bits per heavy atom. The van der Waals surface area contributed by atoms with E-state index >= 15 is 0 Å². The number of carbonyl (C=O) groups excluding carboxylic acids is 2. The largest absolute Gasteiger partial charge is 0.393 e. The normalized spacial score (nSPS) is 17.2. The molecule has 0 aromatic heterocycles. The Morgan fingerprint density at radius 2 is 1.95 bits per heavy atom. The van der Waals surface area contributed by atoms with Crippen molar-refractivity contribution in [2.45, 2.75) is 16.2 Å². The van der Waals surface area contributed by atoms with Gasteiger partial charge in [-0.2, -0.15) is 0 Å². The molecule has 0 aliphatic carbocycles. The van der Waals surface area contributed by atoms with Crippen molar-refractivity contribution in [3.63, 3.8) is 0 Å². The highest BCUT2D eigenvalue weighted by Gasteiger charge is 2.31. The number of nitrogens with one attached hydrogen (secondary N) is 3. The molecule has 2 aliphatic heterocycles. The summed E-state index contributed by atoms with van der Waals surface area (Å²) in [6.07, 6.45) is 2.92. The molecule has 4 rings (SSSR count).